The van der Waals surface area contributed by atoms with Gasteiger partial charge in [0, 0.05) is 11.9 Å². The Hall–Kier alpha value is -3.12. The van der Waals surface area contributed by atoms with Gasteiger partial charge in [-0.1, -0.05) is 53.7 Å². The molecular weight excluding hydrogens is 370 g/mol. The lowest BCUT2D eigenvalue weighted by Gasteiger charge is -2.09. The lowest BCUT2D eigenvalue weighted by Crippen LogP contribution is -2.03. The van der Waals surface area contributed by atoms with Gasteiger partial charge in [0.05, 0.1) is 29.3 Å². The molecule has 0 aliphatic carbocycles. The molecule has 0 saturated carbocycles. The van der Waals surface area contributed by atoms with Crippen molar-refractivity contribution < 1.29 is 9.90 Å². The molecule has 2 aromatic heterocycles. The second kappa shape index (κ2) is 7.86. The molecule has 0 saturated heterocycles. The number of aryl methyl sites for hydroxylation is 1. The fourth-order valence-corrected chi connectivity index (χ4v) is 3.95. The van der Waals surface area contributed by atoms with Crippen LogP contribution in [-0.2, 0) is 12.3 Å². The molecule has 1 N–H and O–H groups in total. The van der Waals surface area contributed by atoms with Gasteiger partial charge in [0.2, 0.25) is 0 Å². The molecule has 0 radical (unpaired) electrons. The predicted molar refractivity (Wildman–Crippen MR) is 111 cm³/mol. The van der Waals surface area contributed by atoms with Gasteiger partial charge in [-0.05, 0) is 36.2 Å². The van der Waals surface area contributed by atoms with Crippen molar-refractivity contribution in [1.29, 1.82) is 0 Å². The van der Waals surface area contributed by atoms with Gasteiger partial charge in [-0.3, -0.25) is 4.98 Å². The zero-order valence-electron chi connectivity index (χ0n) is 15.4. The number of fused-ring (bicyclic) bond motifs is 1. The van der Waals surface area contributed by atoms with Crippen molar-refractivity contribution >= 4 is 28.8 Å². The van der Waals surface area contributed by atoms with E-state index in [0.29, 0.717) is 6.54 Å². The van der Waals surface area contributed by atoms with Crippen LogP contribution in [0.25, 0.3) is 11.0 Å². The van der Waals surface area contributed by atoms with Crippen LogP contribution < -0.4 is 0 Å². The average molecular weight is 389 g/mol. The number of hydrogen-bond donors (Lipinski definition) is 1. The Morgan fingerprint density at radius 1 is 1.04 bits per heavy atom. The van der Waals surface area contributed by atoms with Crippen molar-refractivity contribution in [2.75, 3.05) is 0 Å². The molecule has 4 aromatic rings. The number of nitrogens with zero attached hydrogens (tertiary/aromatic N) is 3. The number of rotatable bonds is 6. The number of aromatic carboxylic acids is 1. The number of carbonyl (C=O) groups is 1. The van der Waals surface area contributed by atoms with Crippen molar-refractivity contribution in [3.8, 4) is 0 Å². The summed E-state index contributed by atoms with van der Waals surface area (Å²) in [6.07, 6.45) is 3.57. The van der Waals surface area contributed by atoms with Crippen LogP contribution in [0.3, 0.4) is 0 Å². The summed E-state index contributed by atoms with van der Waals surface area (Å²) in [5.41, 5.74) is 5.68. The van der Waals surface area contributed by atoms with Crippen LogP contribution in [0.4, 0.5) is 0 Å². The molecule has 0 aliphatic rings. The summed E-state index contributed by atoms with van der Waals surface area (Å²) >= 11 is 1.69. The third kappa shape index (κ3) is 3.92. The Kier molecular flexibility index (Phi) is 5.12. The van der Waals surface area contributed by atoms with Gasteiger partial charge >= 0.3 is 5.97 Å². The Bertz CT molecular complexity index is 1120. The number of carboxylic acid groups (broad SMARTS) is 1. The molecule has 2 aromatic carbocycles. The van der Waals surface area contributed by atoms with Gasteiger partial charge in [-0.25, -0.2) is 9.78 Å². The number of hydrogen-bond acceptors (Lipinski definition) is 4. The van der Waals surface area contributed by atoms with E-state index in [1.165, 1.54) is 11.1 Å². The molecule has 0 aliphatic heterocycles. The first-order valence-electron chi connectivity index (χ1n) is 8.91. The molecule has 6 heteroatoms. The minimum atomic E-state index is -0.918. The van der Waals surface area contributed by atoms with E-state index in [2.05, 4.69) is 40.7 Å². The van der Waals surface area contributed by atoms with Crippen LogP contribution in [-0.4, -0.2) is 25.6 Å². The van der Waals surface area contributed by atoms with Crippen LogP contribution in [0.2, 0.25) is 0 Å². The monoisotopic (exact) mass is 389 g/mol. The van der Waals surface area contributed by atoms with E-state index in [4.69, 9.17) is 10.1 Å². The second-order valence-corrected chi connectivity index (χ2v) is 7.56. The predicted octanol–water partition coefficient (Wildman–Crippen LogP) is 4.78. The summed E-state index contributed by atoms with van der Waals surface area (Å²) in [7, 11) is 0. The number of pyridine rings is 1. The normalized spacial score (nSPS) is 11.0. The topological polar surface area (TPSA) is 68.0 Å². The maximum absolute atomic E-state index is 11.1. The van der Waals surface area contributed by atoms with Gasteiger partial charge in [0.1, 0.15) is 0 Å². The number of benzene rings is 2. The van der Waals surface area contributed by atoms with Crippen molar-refractivity contribution in [3.05, 3.63) is 89.2 Å². The van der Waals surface area contributed by atoms with Gasteiger partial charge < -0.3 is 9.67 Å². The van der Waals surface area contributed by atoms with Crippen molar-refractivity contribution in [1.82, 2.24) is 14.5 Å². The first-order chi connectivity index (χ1) is 13.6. The van der Waals surface area contributed by atoms with Crippen LogP contribution >= 0.6 is 11.8 Å². The Morgan fingerprint density at radius 3 is 2.46 bits per heavy atom. The van der Waals surface area contributed by atoms with Crippen LogP contribution in [0.5, 0.6) is 0 Å². The van der Waals surface area contributed by atoms with Gasteiger partial charge in [0.25, 0.3) is 0 Å². The Balaban J connectivity index is 1.62. The molecule has 0 atom stereocenters. The zero-order chi connectivity index (χ0) is 19.5. The highest BCUT2D eigenvalue weighted by Gasteiger charge is 2.13. The van der Waals surface area contributed by atoms with Gasteiger partial charge in [0.15, 0.2) is 5.16 Å². The summed E-state index contributed by atoms with van der Waals surface area (Å²) in [6, 6.07) is 17.4. The number of carboxylic acids is 1. The summed E-state index contributed by atoms with van der Waals surface area (Å²) in [4.78, 5) is 20.1. The molecule has 0 unspecified atom stereocenters. The lowest BCUT2D eigenvalue weighted by molar-refractivity contribution is 0.0697. The fraction of sp³-hybridized carbons (Fsp3) is 0.136. The van der Waals surface area contributed by atoms with Crippen LogP contribution in [0.1, 0.15) is 27.0 Å². The van der Waals surface area contributed by atoms with Gasteiger partial charge in [-0.2, -0.15) is 0 Å². The number of imidazole rings is 1. The van der Waals surface area contributed by atoms with Crippen molar-refractivity contribution in [3.63, 3.8) is 0 Å². The summed E-state index contributed by atoms with van der Waals surface area (Å²) in [5, 5.41) is 10.0. The maximum atomic E-state index is 11.1. The van der Waals surface area contributed by atoms with E-state index >= 15 is 0 Å². The van der Waals surface area contributed by atoms with E-state index in [1.54, 1.807) is 30.1 Å². The van der Waals surface area contributed by atoms with Crippen molar-refractivity contribution in [2.45, 2.75) is 24.4 Å². The molecule has 0 bridgehead atoms. The molecule has 0 fully saturated rings. The maximum Gasteiger partial charge on any atom is 0.335 e. The third-order valence-corrected chi connectivity index (χ3v) is 5.59. The molecule has 140 valence electrons. The second-order valence-electron chi connectivity index (χ2n) is 6.62. The van der Waals surface area contributed by atoms with E-state index < -0.39 is 5.97 Å². The molecular formula is C22H19N3O2S. The largest absolute Gasteiger partial charge is 0.478 e. The van der Waals surface area contributed by atoms with E-state index in [0.717, 1.165) is 27.5 Å². The molecule has 0 spiro atoms. The smallest absolute Gasteiger partial charge is 0.335 e. The van der Waals surface area contributed by atoms with E-state index in [9.17, 15) is 4.79 Å². The minimum Gasteiger partial charge on any atom is -0.478 e. The first kappa shape index (κ1) is 18.3. The molecule has 4 rings (SSSR count). The van der Waals surface area contributed by atoms with Gasteiger partial charge in [-0.15, -0.1) is 0 Å². The Morgan fingerprint density at radius 2 is 1.75 bits per heavy atom. The first-order valence-corrected chi connectivity index (χ1v) is 9.89. The molecule has 28 heavy (non-hydrogen) atoms. The fourth-order valence-electron chi connectivity index (χ4n) is 2.98. The lowest BCUT2D eigenvalue weighted by atomic mass is 10.1. The zero-order valence-corrected chi connectivity index (χ0v) is 16.2. The number of thioether (sulfide) groups is 1. The highest BCUT2D eigenvalue weighted by Crippen LogP contribution is 2.27. The summed E-state index contributed by atoms with van der Waals surface area (Å²) in [5.74, 6) is -0.0900. The number of aromatic nitrogens is 3. The average Bonchev–Trinajstić information content (AvgIpc) is 3.05. The van der Waals surface area contributed by atoms with Crippen LogP contribution in [0, 0.1) is 6.92 Å². The SMILES string of the molecule is Cc1ccc(CSc2nc3ccncc3n2Cc2ccc(C(=O)O)cc2)cc1. The quantitative estimate of drug-likeness (QED) is 0.481. The van der Waals surface area contributed by atoms with Crippen LogP contribution in [0.15, 0.2) is 72.1 Å². The minimum absolute atomic E-state index is 0.287. The Labute approximate surface area is 167 Å². The van der Waals surface area contributed by atoms with E-state index in [1.807, 2.05) is 24.4 Å². The van der Waals surface area contributed by atoms with Crippen molar-refractivity contribution in [2.24, 2.45) is 0 Å². The molecule has 0 amide bonds. The highest BCUT2D eigenvalue weighted by atomic mass is 32.2. The molecule has 5 nitrogen and oxygen atoms in total. The highest BCUT2D eigenvalue weighted by molar-refractivity contribution is 7.98. The third-order valence-electron chi connectivity index (χ3n) is 4.55. The molecule has 2 heterocycles. The summed E-state index contributed by atoms with van der Waals surface area (Å²) in [6.45, 7) is 2.69. The standard InChI is InChI=1S/C22H19N3O2S/c1-15-2-4-17(5-3-15)14-28-22-24-19-10-11-23-12-20(19)25(22)13-16-6-8-18(9-7-16)21(26)27/h2-12H,13-14H2,1H3,(H,26,27). The summed E-state index contributed by atoms with van der Waals surface area (Å²) < 4.78 is 2.14. The van der Waals surface area contributed by atoms with E-state index in [-0.39, 0.29) is 5.56 Å².